The maximum atomic E-state index is 3.44. The van der Waals surface area contributed by atoms with Crippen molar-refractivity contribution in [3.05, 3.63) is 35.9 Å². The Balaban J connectivity index is 1.54. The van der Waals surface area contributed by atoms with Crippen LogP contribution in [0.3, 0.4) is 0 Å². The molecule has 1 nitrogen and oxygen atoms in total. The molecule has 2 fully saturated rings. The van der Waals surface area contributed by atoms with Crippen molar-refractivity contribution in [3.8, 4) is 0 Å². The van der Waals surface area contributed by atoms with E-state index in [2.05, 4.69) is 35.6 Å². The number of hydrogen-bond donors (Lipinski definition) is 1. The van der Waals surface area contributed by atoms with E-state index in [0.29, 0.717) is 5.41 Å². The van der Waals surface area contributed by atoms with Crippen LogP contribution in [0.5, 0.6) is 0 Å². The monoisotopic (exact) mass is 215 g/mol. The van der Waals surface area contributed by atoms with E-state index >= 15 is 0 Å². The molecule has 1 aliphatic carbocycles. The van der Waals surface area contributed by atoms with Crippen molar-refractivity contribution in [2.24, 2.45) is 11.3 Å². The molecule has 0 radical (unpaired) electrons. The van der Waals surface area contributed by atoms with Gasteiger partial charge in [0.05, 0.1) is 0 Å². The Morgan fingerprint density at radius 3 is 2.31 bits per heavy atom. The van der Waals surface area contributed by atoms with E-state index in [1.54, 1.807) is 0 Å². The van der Waals surface area contributed by atoms with Gasteiger partial charge in [-0.3, -0.25) is 0 Å². The highest BCUT2D eigenvalue weighted by Crippen LogP contribution is 2.42. The second-order valence-corrected chi connectivity index (χ2v) is 5.74. The Labute approximate surface area is 98.3 Å². The number of nitrogens with one attached hydrogen (secondary N) is 1. The molecule has 1 heteroatoms. The maximum absolute atomic E-state index is 3.44. The topological polar surface area (TPSA) is 12.0 Å². The SMILES string of the molecule is c1ccc(CC2CCC3(CC2)CNC3)cc1. The lowest BCUT2D eigenvalue weighted by molar-refractivity contribution is 0.0818. The smallest absolute Gasteiger partial charge is 0.00202 e. The quantitative estimate of drug-likeness (QED) is 0.799. The minimum absolute atomic E-state index is 0.715. The molecule has 2 aliphatic rings. The third kappa shape index (κ3) is 2.01. The molecule has 1 saturated heterocycles. The van der Waals surface area contributed by atoms with Crippen LogP contribution in [0.15, 0.2) is 30.3 Å². The molecule has 0 amide bonds. The zero-order valence-electron chi connectivity index (χ0n) is 9.91. The van der Waals surface area contributed by atoms with Gasteiger partial charge >= 0.3 is 0 Å². The Hall–Kier alpha value is -0.820. The lowest BCUT2D eigenvalue weighted by atomic mass is 9.66. The average molecular weight is 215 g/mol. The highest BCUT2D eigenvalue weighted by atomic mass is 15.0. The molecule has 86 valence electrons. The summed E-state index contributed by atoms with van der Waals surface area (Å²) in [5.74, 6) is 0.939. The number of hydrogen-bond acceptors (Lipinski definition) is 1. The van der Waals surface area contributed by atoms with Gasteiger partial charge in [-0.2, -0.15) is 0 Å². The average Bonchev–Trinajstić information content (AvgIpc) is 2.29. The number of rotatable bonds is 2. The van der Waals surface area contributed by atoms with Crippen LogP contribution in [0.1, 0.15) is 31.2 Å². The molecule has 0 bridgehead atoms. The van der Waals surface area contributed by atoms with E-state index in [0.717, 1.165) is 5.92 Å². The summed E-state index contributed by atoms with van der Waals surface area (Å²) in [6.07, 6.45) is 7.09. The van der Waals surface area contributed by atoms with Gasteiger partial charge in [-0.15, -0.1) is 0 Å². The first-order chi connectivity index (χ1) is 7.86. The molecule has 1 N–H and O–H groups in total. The summed E-state index contributed by atoms with van der Waals surface area (Å²) in [4.78, 5) is 0. The van der Waals surface area contributed by atoms with Crippen LogP contribution in [0.25, 0.3) is 0 Å². The van der Waals surface area contributed by atoms with Gasteiger partial charge in [0.15, 0.2) is 0 Å². The van der Waals surface area contributed by atoms with Crippen LogP contribution in [0.2, 0.25) is 0 Å². The molecule has 1 heterocycles. The molecule has 0 unspecified atom stereocenters. The third-order valence-electron chi connectivity index (χ3n) is 4.53. The summed E-state index contributed by atoms with van der Waals surface area (Å²) in [6.45, 7) is 2.57. The molecule has 0 atom stereocenters. The summed E-state index contributed by atoms with van der Waals surface area (Å²) < 4.78 is 0. The van der Waals surface area contributed by atoms with Gasteiger partial charge in [0.1, 0.15) is 0 Å². The van der Waals surface area contributed by atoms with Gasteiger partial charge in [-0.1, -0.05) is 30.3 Å². The van der Waals surface area contributed by atoms with Crippen molar-refractivity contribution in [3.63, 3.8) is 0 Å². The Morgan fingerprint density at radius 2 is 1.75 bits per heavy atom. The summed E-state index contributed by atoms with van der Waals surface area (Å²) in [7, 11) is 0. The molecule has 1 saturated carbocycles. The van der Waals surface area contributed by atoms with Crippen molar-refractivity contribution in [2.45, 2.75) is 32.1 Å². The van der Waals surface area contributed by atoms with E-state index in [1.807, 2.05) is 0 Å². The Bertz CT molecular complexity index is 330. The minimum Gasteiger partial charge on any atom is -0.316 e. The Kier molecular flexibility index (Phi) is 2.72. The van der Waals surface area contributed by atoms with Gasteiger partial charge in [-0.25, -0.2) is 0 Å². The van der Waals surface area contributed by atoms with Gasteiger partial charge in [-0.05, 0) is 49.0 Å². The zero-order valence-corrected chi connectivity index (χ0v) is 9.91. The van der Waals surface area contributed by atoms with E-state index in [4.69, 9.17) is 0 Å². The predicted octanol–water partition coefficient (Wildman–Crippen LogP) is 3.01. The highest BCUT2D eigenvalue weighted by molar-refractivity contribution is 5.15. The normalized spacial score (nSPS) is 24.2. The van der Waals surface area contributed by atoms with Crippen molar-refractivity contribution in [1.82, 2.24) is 5.32 Å². The molecule has 1 aliphatic heterocycles. The molecule has 0 aromatic heterocycles. The van der Waals surface area contributed by atoms with Gasteiger partial charge in [0.25, 0.3) is 0 Å². The first-order valence-electron chi connectivity index (χ1n) is 6.61. The second kappa shape index (κ2) is 4.21. The summed E-state index contributed by atoms with van der Waals surface area (Å²) in [5.41, 5.74) is 2.24. The van der Waals surface area contributed by atoms with Gasteiger partial charge in [0.2, 0.25) is 0 Å². The largest absolute Gasteiger partial charge is 0.316 e. The molecule has 16 heavy (non-hydrogen) atoms. The third-order valence-corrected chi connectivity index (χ3v) is 4.53. The van der Waals surface area contributed by atoms with Crippen LogP contribution in [-0.4, -0.2) is 13.1 Å². The standard InChI is InChI=1S/C15H21N/c1-2-4-13(5-3-1)10-14-6-8-15(9-7-14)11-16-12-15/h1-5,14,16H,6-12H2. The van der Waals surface area contributed by atoms with E-state index in [9.17, 15) is 0 Å². The fourth-order valence-electron chi connectivity index (χ4n) is 3.27. The molecule has 1 aromatic carbocycles. The first-order valence-corrected chi connectivity index (χ1v) is 6.61. The van der Waals surface area contributed by atoms with E-state index in [1.165, 1.54) is 50.8 Å². The highest BCUT2D eigenvalue weighted by Gasteiger charge is 2.39. The summed E-state index contributed by atoms with van der Waals surface area (Å²) >= 11 is 0. The molecule has 1 aromatic rings. The zero-order chi connectivity index (χ0) is 10.8. The van der Waals surface area contributed by atoms with Crippen LogP contribution in [-0.2, 0) is 6.42 Å². The first kappa shape index (κ1) is 10.3. The lowest BCUT2D eigenvalue weighted by Crippen LogP contribution is -2.54. The molecular weight excluding hydrogens is 194 g/mol. The predicted molar refractivity (Wildman–Crippen MR) is 67.4 cm³/mol. The molecule has 3 rings (SSSR count). The van der Waals surface area contributed by atoms with Gasteiger partial charge in [0, 0.05) is 13.1 Å². The van der Waals surface area contributed by atoms with Crippen LogP contribution >= 0.6 is 0 Å². The maximum Gasteiger partial charge on any atom is 0.00202 e. The summed E-state index contributed by atoms with van der Waals surface area (Å²) in [6, 6.07) is 11.0. The van der Waals surface area contributed by atoms with Crippen molar-refractivity contribution in [2.75, 3.05) is 13.1 Å². The lowest BCUT2D eigenvalue weighted by Gasteiger charge is -2.47. The minimum atomic E-state index is 0.715. The molecular formula is C15H21N. The second-order valence-electron chi connectivity index (χ2n) is 5.74. The van der Waals surface area contributed by atoms with Crippen molar-refractivity contribution >= 4 is 0 Å². The van der Waals surface area contributed by atoms with Crippen LogP contribution in [0, 0.1) is 11.3 Å². The summed E-state index contributed by atoms with van der Waals surface area (Å²) in [5, 5.41) is 3.44. The fourth-order valence-corrected chi connectivity index (χ4v) is 3.27. The van der Waals surface area contributed by atoms with Crippen molar-refractivity contribution < 1.29 is 0 Å². The van der Waals surface area contributed by atoms with E-state index < -0.39 is 0 Å². The van der Waals surface area contributed by atoms with Crippen LogP contribution < -0.4 is 5.32 Å². The van der Waals surface area contributed by atoms with Crippen molar-refractivity contribution in [1.29, 1.82) is 0 Å². The fraction of sp³-hybridized carbons (Fsp3) is 0.600. The van der Waals surface area contributed by atoms with Gasteiger partial charge < -0.3 is 5.32 Å². The van der Waals surface area contributed by atoms with Crippen LogP contribution in [0.4, 0.5) is 0 Å². The Morgan fingerprint density at radius 1 is 1.06 bits per heavy atom. The van der Waals surface area contributed by atoms with E-state index in [-0.39, 0.29) is 0 Å². The molecule has 1 spiro atoms. The number of benzene rings is 1.